The Bertz CT molecular complexity index is 630. The molecule has 2 aromatic carbocycles. The highest BCUT2D eigenvalue weighted by atomic mass is 79.9. The fraction of sp³-hybridized carbons (Fsp3) is 0.133. The Morgan fingerprint density at radius 1 is 1.25 bits per heavy atom. The van der Waals surface area contributed by atoms with Gasteiger partial charge in [0.05, 0.1) is 11.6 Å². The summed E-state index contributed by atoms with van der Waals surface area (Å²) in [6.07, 6.45) is 0. The minimum absolute atomic E-state index is 0.0222. The van der Waals surface area contributed by atoms with E-state index in [1.807, 2.05) is 19.1 Å². The second kappa shape index (κ2) is 6.37. The van der Waals surface area contributed by atoms with Crippen molar-refractivity contribution < 1.29 is 9.18 Å². The van der Waals surface area contributed by atoms with Gasteiger partial charge in [0, 0.05) is 9.50 Å². The molecule has 0 saturated carbocycles. The van der Waals surface area contributed by atoms with Gasteiger partial charge in [-0.15, -0.1) is 0 Å². The van der Waals surface area contributed by atoms with Gasteiger partial charge in [-0.3, -0.25) is 4.79 Å². The molecule has 2 rings (SSSR count). The lowest BCUT2D eigenvalue weighted by molar-refractivity contribution is 0.0936. The van der Waals surface area contributed by atoms with Gasteiger partial charge in [0.1, 0.15) is 5.82 Å². The summed E-state index contributed by atoms with van der Waals surface area (Å²) in [5.41, 5.74) is 0.925. The topological polar surface area (TPSA) is 29.1 Å². The summed E-state index contributed by atoms with van der Waals surface area (Å²) in [6.45, 7) is 1.83. The van der Waals surface area contributed by atoms with Crippen LogP contribution in [-0.2, 0) is 0 Å². The lowest BCUT2D eigenvalue weighted by Crippen LogP contribution is -2.27. The molecule has 0 bridgehead atoms. The Kier molecular flexibility index (Phi) is 4.78. The third-order valence-corrected chi connectivity index (χ3v) is 3.64. The highest BCUT2D eigenvalue weighted by Crippen LogP contribution is 2.18. The van der Waals surface area contributed by atoms with Gasteiger partial charge in [-0.25, -0.2) is 4.39 Å². The van der Waals surface area contributed by atoms with Gasteiger partial charge >= 0.3 is 0 Å². The van der Waals surface area contributed by atoms with Crippen LogP contribution in [0.2, 0.25) is 5.02 Å². The first-order valence-corrected chi connectivity index (χ1v) is 7.16. The van der Waals surface area contributed by atoms with E-state index in [1.165, 1.54) is 12.1 Å². The van der Waals surface area contributed by atoms with Gasteiger partial charge < -0.3 is 5.32 Å². The van der Waals surface area contributed by atoms with Gasteiger partial charge in [0.15, 0.2) is 0 Å². The number of hydrogen-bond donors (Lipinski definition) is 1. The first-order valence-electron chi connectivity index (χ1n) is 5.99. The van der Waals surface area contributed by atoms with Gasteiger partial charge in [0.2, 0.25) is 0 Å². The van der Waals surface area contributed by atoms with E-state index >= 15 is 0 Å². The average Bonchev–Trinajstić information content (AvgIpc) is 2.39. The van der Waals surface area contributed by atoms with Crippen molar-refractivity contribution in [3.63, 3.8) is 0 Å². The van der Waals surface area contributed by atoms with Crippen molar-refractivity contribution in [1.82, 2.24) is 5.32 Å². The number of halogens is 3. The molecule has 20 heavy (non-hydrogen) atoms. The molecule has 104 valence electrons. The molecule has 1 amide bonds. The van der Waals surface area contributed by atoms with Crippen LogP contribution in [0.4, 0.5) is 4.39 Å². The van der Waals surface area contributed by atoms with E-state index in [0.717, 1.165) is 5.56 Å². The first-order chi connectivity index (χ1) is 9.47. The number of carbonyl (C=O) groups is 1. The van der Waals surface area contributed by atoms with Gasteiger partial charge in [0.25, 0.3) is 5.91 Å². The summed E-state index contributed by atoms with van der Waals surface area (Å²) in [4.78, 5) is 12.0. The predicted molar refractivity (Wildman–Crippen MR) is 81.4 cm³/mol. The molecule has 0 fully saturated rings. The number of hydrogen-bond acceptors (Lipinski definition) is 1. The second-order valence-corrected chi connectivity index (χ2v) is 5.72. The van der Waals surface area contributed by atoms with Crippen LogP contribution in [0, 0.1) is 5.82 Å². The maximum atomic E-state index is 13.7. The monoisotopic (exact) mass is 355 g/mol. The smallest absolute Gasteiger partial charge is 0.254 e. The molecule has 0 aliphatic carbocycles. The maximum absolute atomic E-state index is 13.7. The summed E-state index contributed by atoms with van der Waals surface area (Å²) in [5, 5.41) is 3.39. The number of carbonyl (C=O) groups excluding carboxylic acids is 1. The van der Waals surface area contributed by atoms with Gasteiger partial charge in [-0.2, -0.15) is 0 Å². The first kappa shape index (κ1) is 15.0. The summed E-state index contributed by atoms with van der Waals surface area (Å²) >= 11 is 8.97. The van der Waals surface area contributed by atoms with E-state index in [1.54, 1.807) is 18.2 Å². The molecule has 0 aromatic heterocycles. The highest BCUT2D eigenvalue weighted by Gasteiger charge is 2.15. The third-order valence-electron chi connectivity index (χ3n) is 2.89. The Labute approximate surface area is 130 Å². The van der Waals surface area contributed by atoms with Crippen LogP contribution in [0.3, 0.4) is 0 Å². The van der Waals surface area contributed by atoms with Gasteiger partial charge in [-0.1, -0.05) is 39.7 Å². The minimum atomic E-state index is -0.555. The molecule has 0 aliphatic heterocycles. The molecule has 2 nitrogen and oxygen atoms in total. The second-order valence-electron chi connectivity index (χ2n) is 4.37. The summed E-state index contributed by atoms with van der Waals surface area (Å²) in [5.74, 6) is -1.00. The zero-order valence-corrected chi connectivity index (χ0v) is 13.0. The Balaban J connectivity index is 2.13. The van der Waals surface area contributed by atoms with E-state index in [2.05, 4.69) is 21.2 Å². The summed E-state index contributed by atoms with van der Waals surface area (Å²) in [6, 6.07) is 11.3. The van der Waals surface area contributed by atoms with Crippen molar-refractivity contribution in [2.24, 2.45) is 0 Å². The van der Waals surface area contributed by atoms with Crippen molar-refractivity contribution in [3.05, 3.63) is 68.9 Å². The van der Waals surface area contributed by atoms with Crippen molar-refractivity contribution in [2.75, 3.05) is 0 Å². The number of benzene rings is 2. The molecule has 1 unspecified atom stereocenters. The SMILES string of the molecule is CC(NC(=O)c1ccc(Br)cc1F)c1ccc(Cl)cc1. The molecule has 0 saturated heterocycles. The normalized spacial score (nSPS) is 12.0. The third kappa shape index (κ3) is 3.58. The van der Waals surface area contributed by atoms with Crippen molar-refractivity contribution >= 4 is 33.4 Å². The summed E-state index contributed by atoms with van der Waals surface area (Å²) < 4.78 is 14.3. The zero-order chi connectivity index (χ0) is 14.7. The van der Waals surface area contributed by atoms with Crippen LogP contribution >= 0.6 is 27.5 Å². The Morgan fingerprint density at radius 3 is 2.50 bits per heavy atom. The largest absolute Gasteiger partial charge is 0.345 e. The molecule has 2 aromatic rings. The van der Waals surface area contributed by atoms with E-state index in [0.29, 0.717) is 9.50 Å². The molecular formula is C15H12BrClFNO. The number of rotatable bonds is 3. The quantitative estimate of drug-likeness (QED) is 0.846. The van der Waals surface area contributed by atoms with E-state index < -0.39 is 11.7 Å². The minimum Gasteiger partial charge on any atom is -0.345 e. The lowest BCUT2D eigenvalue weighted by Gasteiger charge is -2.15. The standard InChI is InChI=1S/C15H12BrClFNO/c1-9(10-2-5-12(17)6-3-10)19-15(20)13-7-4-11(16)8-14(13)18/h2-9H,1H3,(H,19,20). The van der Waals surface area contributed by atoms with Crippen LogP contribution in [-0.4, -0.2) is 5.91 Å². The molecule has 5 heteroatoms. The Hall–Kier alpha value is -1.39. The molecular weight excluding hydrogens is 345 g/mol. The van der Waals surface area contributed by atoms with E-state index in [4.69, 9.17) is 11.6 Å². The molecule has 1 atom stereocenters. The molecule has 0 aliphatic rings. The summed E-state index contributed by atoms with van der Waals surface area (Å²) in [7, 11) is 0. The van der Waals surface area contributed by atoms with Crippen LogP contribution < -0.4 is 5.32 Å². The maximum Gasteiger partial charge on any atom is 0.254 e. The average molecular weight is 357 g/mol. The molecule has 0 radical (unpaired) electrons. The fourth-order valence-corrected chi connectivity index (χ4v) is 2.24. The fourth-order valence-electron chi connectivity index (χ4n) is 1.78. The highest BCUT2D eigenvalue weighted by molar-refractivity contribution is 9.10. The number of amides is 1. The van der Waals surface area contributed by atoms with Crippen molar-refractivity contribution in [2.45, 2.75) is 13.0 Å². The molecule has 0 heterocycles. The lowest BCUT2D eigenvalue weighted by atomic mass is 10.1. The van der Waals surface area contributed by atoms with Crippen molar-refractivity contribution in [3.8, 4) is 0 Å². The van der Waals surface area contributed by atoms with Crippen molar-refractivity contribution in [1.29, 1.82) is 0 Å². The van der Waals surface area contributed by atoms with Crippen LogP contribution in [0.1, 0.15) is 28.9 Å². The van der Waals surface area contributed by atoms with Crippen LogP contribution in [0.25, 0.3) is 0 Å². The van der Waals surface area contributed by atoms with E-state index in [9.17, 15) is 9.18 Å². The van der Waals surface area contributed by atoms with Crippen LogP contribution in [0.15, 0.2) is 46.9 Å². The molecule has 0 spiro atoms. The predicted octanol–water partition coefficient (Wildman–Crippen LogP) is 4.73. The number of nitrogens with one attached hydrogen (secondary N) is 1. The van der Waals surface area contributed by atoms with E-state index in [-0.39, 0.29) is 11.6 Å². The van der Waals surface area contributed by atoms with Gasteiger partial charge in [-0.05, 0) is 42.8 Å². The Morgan fingerprint density at radius 2 is 1.90 bits per heavy atom. The molecule has 1 N–H and O–H groups in total. The zero-order valence-electron chi connectivity index (χ0n) is 10.7. The van der Waals surface area contributed by atoms with Crippen LogP contribution in [0.5, 0.6) is 0 Å².